The normalized spacial score (nSPS) is 13.4. The molecule has 3 rings (SSSR count). The molecule has 96 valence electrons. The van der Waals surface area contributed by atoms with Crippen molar-refractivity contribution in [1.82, 2.24) is 0 Å². The van der Waals surface area contributed by atoms with Crippen LogP contribution in [0.25, 0.3) is 0 Å². The average molecular weight is 317 g/mol. The van der Waals surface area contributed by atoms with Gasteiger partial charge < -0.3 is 10.6 Å². The fourth-order valence-corrected chi connectivity index (χ4v) is 2.78. The highest BCUT2D eigenvalue weighted by Gasteiger charge is 2.26. The molecule has 1 aliphatic rings. The average Bonchev–Trinajstić information content (AvgIpc) is 2.85. The number of halogens is 1. The lowest BCUT2D eigenvalue weighted by atomic mass is 10.1. The highest BCUT2D eigenvalue weighted by Crippen LogP contribution is 2.31. The largest absolute Gasteiger partial charge is 0.397 e. The third-order valence-electron chi connectivity index (χ3n) is 3.42. The lowest BCUT2D eigenvalue weighted by molar-refractivity contribution is 0.0990. The smallest absolute Gasteiger partial charge is 0.260 e. The van der Waals surface area contributed by atoms with E-state index in [9.17, 15) is 4.79 Å². The lowest BCUT2D eigenvalue weighted by Crippen LogP contribution is -2.29. The van der Waals surface area contributed by atoms with Crippen LogP contribution < -0.4 is 10.6 Å². The van der Waals surface area contributed by atoms with Gasteiger partial charge in [-0.25, -0.2) is 0 Å². The predicted molar refractivity (Wildman–Crippen MR) is 80.4 cm³/mol. The summed E-state index contributed by atoms with van der Waals surface area (Å²) in [5.41, 5.74) is 9.23. The second-order valence-electron chi connectivity index (χ2n) is 4.54. The van der Waals surface area contributed by atoms with Crippen LogP contribution >= 0.6 is 15.9 Å². The third-order valence-corrected chi connectivity index (χ3v) is 4.11. The van der Waals surface area contributed by atoms with E-state index in [4.69, 9.17) is 5.73 Å². The monoisotopic (exact) mass is 316 g/mol. The minimum absolute atomic E-state index is 0.0382. The van der Waals surface area contributed by atoms with Crippen LogP contribution in [-0.2, 0) is 6.42 Å². The van der Waals surface area contributed by atoms with E-state index in [1.165, 1.54) is 5.56 Å². The van der Waals surface area contributed by atoms with Crippen molar-refractivity contribution >= 4 is 33.2 Å². The van der Waals surface area contributed by atoms with Gasteiger partial charge >= 0.3 is 0 Å². The summed E-state index contributed by atoms with van der Waals surface area (Å²) in [7, 11) is 0. The number of para-hydroxylation sites is 2. The molecule has 2 aromatic rings. The van der Waals surface area contributed by atoms with E-state index in [0.29, 0.717) is 17.8 Å². The van der Waals surface area contributed by atoms with Crippen LogP contribution in [0, 0.1) is 0 Å². The van der Waals surface area contributed by atoms with Crippen LogP contribution in [-0.4, -0.2) is 12.5 Å². The summed E-state index contributed by atoms with van der Waals surface area (Å²) in [5, 5.41) is 0. The molecular formula is C15H13BrN2O. The molecule has 0 radical (unpaired) electrons. The maximum atomic E-state index is 12.6. The Morgan fingerprint density at radius 1 is 1.16 bits per heavy atom. The van der Waals surface area contributed by atoms with Crippen molar-refractivity contribution in [3.05, 3.63) is 58.1 Å². The van der Waals surface area contributed by atoms with Crippen molar-refractivity contribution in [3.63, 3.8) is 0 Å². The molecule has 4 heteroatoms. The summed E-state index contributed by atoms with van der Waals surface area (Å²) in [6.45, 7) is 0.712. The van der Waals surface area contributed by atoms with Crippen LogP contribution in [0.1, 0.15) is 15.9 Å². The van der Waals surface area contributed by atoms with Crippen molar-refractivity contribution in [2.75, 3.05) is 17.2 Å². The summed E-state index contributed by atoms with van der Waals surface area (Å²) < 4.78 is 0.755. The number of fused-ring (bicyclic) bond motifs is 1. The molecule has 0 atom stereocenters. The molecule has 0 saturated carbocycles. The molecule has 0 bridgehead atoms. The molecule has 0 fully saturated rings. The van der Waals surface area contributed by atoms with Crippen LogP contribution in [0.3, 0.4) is 0 Å². The number of amides is 1. The predicted octanol–water partition coefficient (Wildman–Crippen LogP) is 3.23. The van der Waals surface area contributed by atoms with Gasteiger partial charge in [0.1, 0.15) is 0 Å². The van der Waals surface area contributed by atoms with Gasteiger partial charge in [0.05, 0.1) is 11.3 Å². The first kappa shape index (κ1) is 12.2. The first-order valence-corrected chi connectivity index (χ1v) is 6.91. The van der Waals surface area contributed by atoms with Gasteiger partial charge in [-0.3, -0.25) is 4.79 Å². The van der Waals surface area contributed by atoms with Crippen molar-refractivity contribution < 1.29 is 4.79 Å². The number of benzene rings is 2. The minimum Gasteiger partial charge on any atom is -0.397 e. The molecule has 1 amide bonds. The molecule has 1 heterocycles. The molecular weight excluding hydrogens is 304 g/mol. The molecule has 0 saturated heterocycles. The number of anilines is 2. The van der Waals surface area contributed by atoms with Gasteiger partial charge in [-0.1, -0.05) is 24.3 Å². The van der Waals surface area contributed by atoms with Crippen LogP contribution in [0.4, 0.5) is 11.4 Å². The van der Waals surface area contributed by atoms with Gasteiger partial charge in [-0.2, -0.15) is 0 Å². The maximum Gasteiger partial charge on any atom is 0.260 e. The van der Waals surface area contributed by atoms with E-state index in [1.807, 2.05) is 30.3 Å². The standard InChI is InChI=1S/C15H13BrN2O/c16-12-6-3-5-11(14(12)17)15(19)18-9-8-10-4-1-2-7-13(10)18/h1-7H,8-9,17H2. The van der Waals surface area contributed by atoms with Crippen molar-refractivity contribution in [3.8, 4) is 0 Å². The molecule has 0 spiro atoms. The quantitative estimate of drug-likeness (QED) is 0.821. The summed E-state index contributed by atoms with van der Waals surface area (Å²) in [6.07, 6.45) is 0.899. The second kappa shape index (κ2) is 4.70. The number of rotatable bonds is 1. The van der Waals surface area contributed by atoms with Gasteiger partial charge in [0, 0.05) is 16.7 Å². The summed E-state index contributed by atoms with van der Waals surface area (Å²) in [5.74, 6) is -0.0382. The Balaban J connectivity index is 2.00. The molecule has 3 nitrogen and oxygen atoms in total. The minimum atomic E-state index is -0.0382. The molecule has 0 aromatic heterocycles. The number of carbonyl (C=O) groups is 1. The highest BCUT2D eigenvalue weighted by molar-refractivity contribution is 9.10. The highest BCUT2D eigenvalue weighted by atomic mass is 79.9. The fourth-order valence-electron chi connectivity index (χ4n) is 2.42. The van der Waals surface area contributed by atoms with Crippen LogP contribution in [0.5, 0.6) is 0 Å². The second-order valence-corrected chi connectivity index (χ2v) is 5.39. The number of nitrogens with two attached hydrogens (primary N) is 1. The first-order valence-electron chi connectivity index (χ1n) is 6.12. The van der Waals surface area contributed by atoms with Crippen LogP contribution in [0.15, 0.2) is 46.9 Å². The summed E-state index contributed by atoms with van der Waals surface area (Å²) in [4.78, 5) is 14.4. The molecule has 2 aromatic carbocycles. The van der Waals surface area contributed by atoms with Crippen molar-refractivity contribution in [1.29, 1.82) is 0 Å². The van der Waals surface area contributed by atoms with E-state index < -0.39 is 0 Å². The zero-order chi connectivity index (χ0) is 13.4. The first-order chi connectivity index (χ1) is 9.18. The molecule has 0 aliphatic carbocycles. The van der Waals surface area contributed by atoms with E-state index in [0.717, 1.165) is 16.6 Å². The zero-order valence-corrected chi connectivity index (χ0v) is 11.9. The summed E-state index contributed by atoms with van der Waals surface area (Å²) >= 11 is 3.36. The van der Waals surface area contributed by atoms with Crippen molar-refractivity contribution in [2.24, 2.45) is 0 Å². The number of nitrogen functional groups attached to an aromatic ring is 1. The maximum absolute atomic E-state index is 12.6. The Kier molecular flexibility index (Phi) is 3.03. The molecule has 1 aliphatic heterocycles. The van der Waals surface area contributed by atoms with E-state index in [-0.39, 0.29) is 5.91 Å². The molecule has 0 unspecified atom stereocenters. The summed E-state index contributed by atoms with van der Waals surface area (Å²) in [6, 6.07) is 13.4. The lowest BCUT2D eigenvalue weighted by Gasteiger charge is -2.18. The van der Waals surface area contributed by atoms with Gasteiger partial charge in [-0.05, 0) is 46.1 Å². The topological polar surface area (TPSA) is 46.3 Å². The van der Waals surface area contributed by atoms with Crippen molar-refractivity contribution in [2.45, 2.75) is 6.42 Å². The SMILES string of the molecule is Nc1c(Br)cccc1C(=O)N1CCc2ccccc21. The van der Waals surface area contributed by atoms with Gasteiger partial charge in [-0.15, -0.1) is 0 Å². The fraction of sp³-hybridized carbons (Fsp3) is 0.133. The number of hydrogen-bond acceptors (Lipinski definition) is 2. The third kappa shape index (κ3) is 2.02. The molecule has 2 N–H and O–H groups in total. The number of nitrogens with zero attached hydrogens (tertiary/aromatic N) is 1. The number of hydrogen-bond donors (Lipinski definition) is 1. The Morgan fingerprint density at radius 3 is 2.79 bits per heavy atom. The van der Waals surface area contributed by atoms with E-state index in [1.54, 1.807) is 11.0 Å². The van der Waals surface area contributed by atoms with Gasteiger partial charge in [0.15, 0.2) is 0 Å². The zero-order valence-electron chi connectivity index (χ0n) is 10.3. The number of carbonyl (C=O) groups excluding carboxylic acids is 1. The van der Waals surface area contributed by atoms with E-state index in [2.05, 4.69) is 22.0 Å². The van der Waals surface area contributed by atoms with Gasteiger partial charge in [0.25, 0.3) is 5.91 Å². The van der Waals surface area contributed by atoms with E-state index >= 15 is 0 Å². The van der Waals surface area contributed by atoms with Gasteiger partial charge in [0.2, 0.25) is 0 Å². The Hall–Kier alpha value is -1.81. The Morgan fingerprint density at radius 2 is 1.95 bits per heavy atom. The molecule has 19 heavy (non-hydrogen) atoms. The van der Waals surface area contributed by atoms with Crippen LogP contribution in [0.2, 0.25) is 0 Å². The Labute approximate surface area is 120 Å². The Bertz CT molecular complexity index is 654.